The van der Waals surface area contributed by atoms with Crippen LogP contribution in [0.5, 0.6) is 0 Å². The summed E-state index contributed by atoms with van der Waals surface area (Å²) in [5.74, 6) is 2.92. The van der Waals surface area contributed by atoms with Gasteiger partial charge in [-0.2, -0.15) is 0 Å². The fourth-order valence-corrected chi connectivity index (χ4v) is 3.87. The number of unbranched alkanes of at least 4 members (excludes halogenated alkanes) is 2. The third-order valence-electron chi connectivity index (χ3n) is 4.83. The summed E-state index contributed by atoms with van der Waals surface area (Å²) in [6, 6.07) is 0.402. The number of hydrogen-bond acceptors (Lipinski definition) is 1. The molecule has 98 valence electrons. The standard InChI is InChI=1S/C15H27NO/c1-3-4-5-6-15(17)16-11(2)14-10-12-7-8-13(14)9-12/h11-14H,3-10H2,1-2H3,(H,16,17). The average Bonchev–Trinajstić information content (AvgIpc) is 2.91. The Bertz CT molecular complexity index is 264. The number of carbonyl (C=O) groups is 1. The van der Waals surface area contributed by atoms with Gasteiger partial charge in [-0.25, -0.2) is 0 Å². The molecule has 2 heteroatoms. The minimum Gasteiger partial charge on any atom is -0.353 e. The van der Waals surface area contributed by atoms with Gasteiger partial charge in [-0.15, -0.1) is 0 Å². The predicted octanol–water partition coefficient (Wildman–Crippen LogP) is 3.51. The highest BCUT2D eigenvalue weighted by molar-refractivity contribution is 5.76. The fraction of sp³-hybridized carbons (Fsp3) is 0.933. The zero-order valence-electron chi connectivity index (χ0n) is 11.4. The van der Waals surface area contributed by atoms with E-state index in [4.69, 9.17) is 0 Å². The van der Waals surface area contributed by atoms with Gasteiger partial charge in [-0.1, -0.05) is 26.2 Å². The second-order valence-electron chi connectivity index (χ2n) is 6.15. The molecular weight excluding hydrogens is 210 g/mol. The molecule has 2 bridgehead atoms. The molecule has 1 N–H and O–H groups in total. The smallest absolute Gasteiger partial charge is 0.220 e. The zero-order chi connectivity index (χ0) is 12.3. The van der Waals surface area contributed by atoms with Gasteiger partial charge in [-0.3, -0.25) is 4.79 Å². The molecule has 2 saturated carbocycles. The summed E-state index contributed by atoms with van der Waals surface area (Å²) in [6.45, 7) is 4.39. The minimum atomic E-state index is 0.272. The number of rotatable bonds is 6. The number of fused-ring (bicyclic) bond motifs is 2. The van der Waals surface area contributed by atoms with Crippen molar-refractivity contribution in [3.05, 3.63) is 0 Å². The van der Waals surface area contributed by atoms with Gasteiger partial charge < -0.3 is 5.32 Å². The van der Waals surface area contributed by atoms with Gasteiger partial charge in [0.2, 0.25) is 5.91 Å². The first-order valence-electron chi connectivity index (χ1n) is 7.50. The van der Waals surface area contributed by atoms with Gasteiger partial charge in [0.05, 0.1) is 0 Å². The Labute approximate surface area is 106 Å². The summed E-state index contributed by atoms with van der Waals surface area (Å²) in [6.07, 6.45) is 9.78. The number of nitrogens with one attached hydrogen (secondary N) is 1. The first-order valence-corrected chi connectivity index (χ1v) is 7.50. The van der Waals surface area contributed by atoms with Crippen LogP contribution < -0.4 is 5.32 Å². The molecule has 4 atom stereocenters. The van der Waals surface area contributed by atoms with Crippen molar-refractivity contribution in [2.45, 2.75) is 71.3 Å². The van der Waals surface area contributed by atoms with Crippen LogP contribution in [0.4, 0.5) is 0 Å². The first kappa shape index (κ1) is 12.9. The van der Waals surface area contributed by atoms with Crippen LogP contribution in [0.2, 0.25) is 0 Å². The number of hydrogen-bond donors (Lipinski definition) is 1. The topological polar surface area (TPSA) is 29.1 Å². The lowest BCUT2D eigenvalue weighted by molar-refractivity contribution is -0.122. The van der Waals surface area contributed by atoms with E-state index in [1.165, 1.54) is 38.5 Å². The van der Waals surface area contributed by atoms with Crippen LogP contribution in [-0.2, 0) is 4.79 Å². The van der Waals surface area contributed by atoms with Crippen LogP contribution in [0.15, 0.2) is 0 Å². The van der Waals surface area contributed by atoms with Crippen molar-refractivity contribution in [1.29, 1.82) is 0 Å². The largest absolute Gasteiger partial charge is 0.353 e. The van der Waals surface area contributed by atoms with Crippen LogP contribution in [0.25, 0.3) is 0 Å². The van der Waals surface area contributed by atoms with Crippen molar-refractivity contribution in [3.8, 4) is 0 Å². The maximum Gasteiger partial charge on any atom is 0.220 e. The summed E-state index contributed by atoms with van der Waals surface area (Å²) >= 11 is 0. The average molecular weight is 237 g/mol. The highest BCUT2D eigenvalue weighted by Gasteiger charge is 2.41. The monoisotopic (exact) mass is 237 g/mol. The number of carbonyl (C=O) groups excluding carboxylic acids is 1. The fourth-order valence-electron chi connectivity index (χ4n) is 3.87. The van der Waals surface area contributed by atoms with E-state index in [1.54, 1.807) is 0 Å². The highest BCUT2D eigenvalue weighted by Crippen LogP contribution is 2.49. The molecule has 4 unspecified atom stereocenters. The molecule has 2 nitrogen and oxygen atoms in total. The molecule has 2 fully saturated rings. The van der Waals surface area contributed by atoms with Gasteiger partial charge in [-0.05, 0) is 50.4 Å². The van der Waals surface area contributed by atoms with Crippen molar-refractivity contribution in [2.75, 3.05) is 0 Å². The lowest BCUT2D eigenvalue weighted by Gasteiger charge is -2.28. The maximum atomic E-state index is 11.8. The van der Waals surface area contributed by atoms with Crippen LogP contribution >= 0.6 is 0 Å². The van der Waals surface area contributed by atoms with Crippen molar-refractivity contribution in [1.82, 2.24) is 5.32 Å². The van der Waals surface area contributed by atoms with Crippen LogP contribution in [0, 0.1) is 17.8 Å². The summed E-state index contributed by atoms with van der Waals surface area (Å²) in [7, 11) is 0. The van der Waals surface area contributed by atoms with E-state index in [-0.39, 0.29) is 5.91 Å². The normalized spacial score (nSPS) is 32.7. The van der Waals surface area contributed by atoms with Gasteiger partial charge >= 0.3 is 0 Å². The minimum absolute atomic E-state index is 0.272. The molecular formula is C15H27NO. The summed E-state index contributed by atoms with van der Waals surface area (Å²) in [5, 5.41) is 3.23. The first-order chi connectivity index (χ1) is 8.20. The van der Waals surface area contributed by atoms with Crippen molar-refractivity contribution >= 4 is 5.91 Å². The molecule has 0 saturated heterocycles. The molecule has 0 aromatic rings. The Morgan fingerprint density at radius 1 is 1.29 bits per heavy atom. The molecule has 1 amide bonds. The lowest BCUT2D eigenvalue weighted by Crippen LogP contribution is -2.40. The second-order valence-corrected chi connectivity index (χ2v) is 6.15. The van der Waals surface area contributed by atoms with E-state index in [1.807, 2.05) is 0 Å². The molecule has 2 aliphatic rings. The van der Waals surface area contributed by atoms with E-state index in [9.17, 15) is 4.79 Å². The summed E-state index contributed by atoms with van der Waals surface area (Å²) in [4.78, 5) is 11.8. The van der Waals surface area contributed by atoms with Crippen LogP contribution in [-0.4, -0.2) is 11.9 Å². The Hall–Kier alpha value is -0.530. The highest BCUT2D eigenvalue weighted by atomic mass is 16.1. The molecule has 2 aliphatic carbocycles. The Kier molecular flexibility index (Phi) is 4.47. The number of amides is 1. The van der Waals surface area contributed by atoms with E-state index < -0.39 is 0 Å². The van der Waals surface area contributed by atoms with Gasteiger partial charge in [0.1, 0.15) is 0 Å². The molecule has 0 aromatic carbocycles. The SMILES string of the molecule is CCCCCC(=O)NC(C)C1CC2CCC1C2. The summed E-state index contributed by atoms with van der Waals surface area (Å²) in [5.41, 5.74) is 0. The van der Waals surface area contributed by atoms with E-state index in [2.05, 4.69) is 19.2 Å². The van der Waals surface area contributed by atoms with Crippen LogP contribution in [0.3, 0.4) is 0 Å². The van der Waals surface area contributed by atoms with Crippen molar-refractivity contribution in [3.63, 3.8) is 0 Å². The quantitative estimate of drug-likeness (QED) is 0.704. The molecule has 0 radical (unpaired) electrons. The van der Waals surface area contributed by atoms with Crippen molar-refractivity contribution < 1.29 is 4.79 Å². The lowest BCUT2D eigenvalue weighted by atomic mass is 9.84. The van der Waals surface area contributed by atoms with Gasteiger partial charge in [0, 0.05) is 12.5 Å². The van der Waals surface area contributed by atoms with Crippen LogP contribution in [0.1, 0.15) is 65.2 Å². The molecule has 0 heterocycles. The molecule has 2 rings (SSSR count). The summed E-state index contributed by atoms with van der Waals surface area (Å²) < 4.78 is 0. The second kappa shape index (κ2) is 5.88. The third-order valence-corrected chi connectivity index (χ3v) is 4.83. The molecule has 0 aliphatic heterocycles. The van der Waals surface area contributed by atoms with E-state index in [0.717, 1.165) is 30.6 Å². The van der Waals surface area contributed by atoms with E-state index in [0.29, 0.717) is 6.04 Å². The Balaban J connectivity index is 1.70. The molecule has 0 spiro atoms. The van der Waals surface area contributed by atoms with Crippen molar-refractivity contribution in [2.24, 2.45) is 17.8 Å². The Morgan fingerprint density at radius 2 is 2.12 bits per heavy atom. The zero-order valence-corrected chi connectivity index (χ0v) is 11.4. The Morgan fingerprint density at radius 3 is 2.71 bits per heavy atom. The molecule has 0 aromatic heterocycles. The van der Waals surface area contributed by atoms with E-state index >= 15 is 0 Å². The van der Waals surface area contributed by atoms with Gasteiger partial charge in [0.25, 0.3) is 0 Å². The third kappa shape index (κ3) is 3.23. The predicted molar refractivity (Wildman–Crippen MR) is 70.7 cm³/mol. The maximum absolute atomic E-state index is 11.8. The molecule has 17 heavy (non-hydrogen) atoms. The van der Waals surface area contributed by atoms with Gasteiger partial charge in [0.15, 0.2) is 0 Å².